The number of Topliss-reactive ketones (excluding diaryl/α,β-unsaturated/α-hetero) is 1. The third-order valence-corrected chi connectivity index (χ3v) is 5.73. The predicted octanol–water partition coefficient (Wildman–Crippen LogP) is -4.39. The number of carbonyl (C=O) groups excluding carboxylic acids is 3. The fourth-order valence-electron chi connectivity index (χ4n) is 3.29. The fraction of sp³-hybridized carbons (Fsp3) is 0.812. The van der Waals surface area contributed by atoms with Gasteiger partial charge in [-0.15, -0.1) is 3.94 Å². The summed E-state index contributed by atoms with van der Waals surface area (Å²) in [5, 5.41) is 73.2. The van der Waals surface area contributed by atoms with Gasteiger partial charge in [0.15, 0.2) is 24.5 Å². The van der Waals surface area contributed by atoms with Crippen LogP contribution < -0.4 is 0 Å². The monoisotopic (exact) mass is 605 g/mol. The van der Waals surface area contributed by atoms with E-state index in [1.165, 1.54) is 0 Å². The van der Waals surface area contributed by atoms with Gasteiger partial charge >= 0.3 is 17.7 Å². The topological polar surface area (TPSA) is 261 Å². The van der Waals surface area contributed by atoms with Gasteiger partial charge in [0.1, 0.15) is 54.6 Å². The summed E-state index contributed by atoms with van der Waals surface area (Å²) in [6, 6.07) is 0. The number of ether oxygens (including phenoxy) is 3. The SMILES string of the molecule is CC(=O)C1([C@H]2O[C@@H](O[C@H]3[C@H](O)[C@@H](O)[C@@H](O)O[C@@H]3CO)[C@H](O)[C@@H](O)[C@H]2O)OOO1.O=C(OCl)C(=O)N(Cl)Cl. The summed E-state index contributed by atoms with van der Waals surface area (Å²) >= 11 is 14.1. The van der Waals surface area contributed by atoms with Gasteiger partial charge in [-0.3, -0.25) is 9.59 Å². The number of aliphatic hydroxyl groups excluding tert-OH is 7. The van der Waals surface area contributed by atoms with Gasteiger partial charge in [-0.25, -0.2) is 4.79 Å². The second-order valence-corrected chi connectivity index (χ2v) is 8.59. The molecule has 0 aliphatic carbocycles. The van der Waals surface area contributed by atoms with Crippen molar-refractivity contribution in [2.24, 2.45) is 0 Å². The first-order valence-electron chi connectivity index (χ1n) is 9.92. The molecular formula is C16H22Cl3NO17. The molecule has 1 amide bonds. The highest BCUT2D eigenvalue weighted by molar-refractivity contribution is 6.53. The molecule has 0 bridgehead atoms. The molecule has 3 saturated heterocycles. The van der Waals surface area contributed by atoms with Crippen LogP contribution in [0.1, 0.15) is 6.92 Å². The minimum absolute atomic E-state index is 0.0186. The van der Waals surface area contributed by atoms with E-state index in [4.69, 9.17) is 37.8 Å². The van der Waals surface area contributed by atoms with E-state index in [0.717, 1.165) is 6.92 Å². The number of carbonyl (C=O) groups is 3. The Bertz CT molecular complexity index is 815. The lowest BCUT2D eigenvalue weighted by Crippen LogP contribution is -2.72. The van der Waals surface area contributed by atoms with E-state index in [9.17, 15) is 50.1 Å². The van der Waals surface area contributed by atoms with Crippen LogP contribution in [0.3, 0.4) is 0 Å². The van der Waals surface area contributed by atoms with Gasteiger partial charge in [0.25, 0.3) is 0 Å². The summed E-state index contributed by atoms with van der Waals surface area (Å²) in [6.07, 6.45) is -17.4. The molecule has 0 aromatic carbocycles. The van der Waals surface area contributed by atoms with Crippen LogP contribution in [0.15, 0.2) is 0 Å². The molecule has 37 heavy (non-hydrogen) atoms. The fourth-order valence-corrected chi connectivity index (χ4v) is 3.49. The Kier molecular flexibility index (Phi) is 11.6. The van der Waals surface area contributed by atoms with Crippen LogP contribution in [0.25, 0.3) is 0 Å². The van der Waals surface area contributed by atoms with Crippen molar-refractivity contribution in [1.82, 2.24) is 3.94 Å². The van der Waals surface area contributed by atoms with Gasteiger partial charge in [-0.1, -0.05) is 5.04 Å². The molecule has 7 N–H and O–H groups in total. The minimum Gasteiger partial charge on any atom is -0.394 e. The van der Waals surface area contributed by atoms with Crippen LogP contribution in [0, 0.1) is 0 Å². The highest BCUT2D eigenvalue weighted by atomic mass is 35.5. The maximum atomic E-state index is 11.8. The summed E-state index contributed by atoms with van der Waals surface area (Å²) < 4.78 is 19.1. The molecule has 3 fully saturated rings. The lowest BCUT2D eigenvalue weighted by atomic mass is 9.91. The lowest BCUT2D eigenvalue weighted by molar-refractivity contribution is -0.728. The number of rotatable bonds is 5. The number of nitrogens with zero attached hydrogens (tertiary/aromatic N) is 1. The summed E-state index contributed by atoms with van der Waals surface area (Å²) in [6.45, 7) is 0.282. The van der Waals surface area contributed by atoms with E-state index in [2.05, 4.69) is 31.0 Å². The summed E-state index contributed by atoms with van der Waals surface area (Å²) in [4.78, 5) is 41.3. The van der Waals surface area contributed by atoms with Crippen molar-refractivity contribution in [3.63, 3.8) is 0 Å². The van der Waals surface area contributed by atoms with Crippen molar-refractivity contribution in [3.05, 3.63) is 0 Å². The van der Waals surface area contributed by atoms with E-state index in [0.29, 0.717) is 0 Å². The molecule has 0 radical (unpaired) electrons. The maximum absolute atomic E-state index is 11.8. The van der Waals surface area contributed by atoms with Gasteiger partial charge in [0.2, 0.25) is 0 Å². The molecule has 3 heterocycles. The summed E-state index contributed by atoms with van der Waals surface area (Å²) in [7, 11) is 0. The van der Waals surface area contributed by atoms with Gasteiger partial charge < -0.3 is 54.2 Å². The van der Waals surface area contributed by atoms with Gasteiger partial charge in [-0.05, 0) is 0 Å². The van der Waals surface area contributed by atoms with Crippen molar-refractivity contribution in [2.45, 2.75) is 74.1 Å². The molecular weight excluding hydrogens is 585 g/mol. The Labute approximate surface area is 221 Å². The third kappa shape index (κ3) is 6.76. The van der Waals surface area contributed by atoms with Crippen LogP contribution in [0.5, 0.6) is 0 Å². The van der Waals surface area contributed by atoms with Crippen molar-refractivity contribution < 1.29 is 83.4 Å². The number of ketones is 1. The first-order valence-corrected chi connectivity index (χ1v) is 10.9. The van der Waals surface area contributed by atoms with Gasteiger partial charge in [0.05, 0.1) is 6.61 Å². The van der Waals surface area contributed by atoms with Crippen molar-refractivity contribution in [1.29, 1.82) is 0 Å². The van der Waals surface area contributed by atoms with Gasteiger partial charge in [0, 0.05) is 30.5 Å². The molecule has 18 nitrogen and oxygen atoms in total. The molecule has 3 aliphatic rings. The summed E-state index contributed by atoms with van der Waals surface area (Å²) in [5.74, 6) is -5.61. The smallest absolute Gasteiger partial charge is 0.394 e. The Morgan fingerprint density at radius 3 is 1.92 bits per heavy atom. The Morgan fingerprint density at radius 2 is 1.51 bits per heavy atom. The maximum Gasteiger partial charge on any atom is 0.417 e. The molecule has 214 valence electrons. The number of halogens is 3. The molecule has 0 aromatic heterocycles. The average Bonchev–Trinajstić information content (AvgIpc) is 2.83. The highest BCUT2D eigenvalue weighted by Crippen LogP contribution is 2.38. The zero-order valence-electron chi connectivity index (χ0n) is 18.3. The second kappa shape index (κ2) is 13.3. The standard InChI is InChI=1S/C14H22O14.C2Cl3NO3/c1-3(16)14(26-28-27-14)11-7(19)5(17)9(21)13(25-11)24-10-4(2-15)23-12(22)8(20)6(10)18;3-6(4)1(7)2(8)9-5/h4-13,15,17-22H,2H2,1H3;/t4-,5+,6-,7-,8-,9-,10-,11+,12+,13-;/m1./s1. The zero-order valence-corrected chi connectivity index (χ0v) is 20.5. The minimum atomic E-state index is -2.24. The van der Waals surface area contributed by atoms with Crippen molar-refractivity contribution >= 4 is 53.1 Å². The zero-order chi connectivity index (χ0) is 28.2. The van der Waals surface area contributed by atoms with Crippen LogP contribution in [-0.4, -0.2) is 131 Å². The molecule has 21 heteroatoms. The Hall–Kier alpha value is -1.04. The molecule has 0 spiro atoms. The normalized spacial score (nSPS) is 38.9. The van der Waals surface area contributed by atoms with Crippen molar-refractivity contribution in [2.75, 3.05) is 6.61 Å². The Balaban J connectivity index is 0.000000458. The largest absolute Gasteiger partial charge is 0.417 e. The number of hydrogen-bond donors (Lipinski definition) is 7. The number of hydrogen-bond acceptors (Lipinski definition) is 17. The third-order valence-electron chi connectivity index (χ3n) is 5.28. The Morgan fingerprint density at radius 1 is 0.919 bits per heavy atom. The van der Waals surface area contributed by atoms with E-state index < -0.39 is 91.5 Å². The number of aliphatic hydroxyl groups is 7. The van der Waals surface area contributed by atoms with Crippen LogP contribution in [0.4, 0.5) is 0 Å². The highest BCUT2D eigenvalue weighted by Gasteiger charge is 2.64. The van der Waals surface area contributed by atoms with Gasteiger partial charge in [-0.2, -0.15) is 9.78 Å². The molecule has 10 atom stereocenters. The number of amides is 1. The van der Waals surface area contributed by atoms with Crippen molar-refractivity contribution in [3.8, 4) is 0 Å². The quantitative estimate of drug-likeness (QED) is 0.0885. The van der Waals surface area contributed by atoms with E-state index >= 15 is 0 Å². The predicted molar refractivity (Wildman–Crippen MR) is 109 cm³/mol. The second-order valence-electron chi connectivity index (χ2n) is 7.59. The van der Waals surface area contributed by atoms with Crippen LogP contribution in [0.2, 0.25) is 0 Å². The first-order chi connectivity index (χ1) is 17.2. The van der Waals surface area contributed by atoms with Crippen LogP contribution in [-0.2, 0) is 47.7 Å². The average molecular weight is 607 g/mol. The van der Waals surface area contributed by atoms with Crippen LogP contribution >= 0.6 is 35.4 Å². The molecule has 3 rings (SSSR count). The lowest BCUT2D eigenvalue weighted by Gasteiger charge is -2.49. The first kappa shape index (κ1) is 32.2. The van der Waals surface area contributed by atoms with E-state index in [1.807, 2.05) is 0 Å². The molecule has 0 unspecified atom stereocenters. The summed E-state index contributed by atoms with van der Waals surface area (Å²) in [5.41, 5.74) is 0. The molecule has 0 saturated carbocycles. The van der Waals surface area contributed by atoms with E-state index in [1.54, 1.807) is 0 Å². The molecule has 0 aromatic rings. The molecule has 3 aliphatic heterocycles. The van der Waals surface area contributed by atoms with E-state index in [-0.39, 0.29) is 3.94 Å².